The average Bonchev–Trinajstić information content (AvgIpc) is 1.54. The van der Waals surface area contributed by atoms with E-state index in [0.29, 0.717) is 0 Å². The van der Waals surface area contributed by atoms with Gasteiger partial charge in [-0.05, 0) is 227 Å². The van der Waals surface area contributed by atoms with E-state index in [-0.39, 0.29) is 0 Å². The van der Waals surface area contributed by atoms with Crippen LogP contribution in [-0.4, -0.2) is 0 Å². The molecule has 0 bridgehead atoms. The van der Waals surface area contributed by atoms with Crippen LogP contribution in [0.3, 0.4) is 0 Å². The smallest absolute Gasteiger partial charge is 0.0713 e. The SMILES string of the molecule is C/C=C/c1cccc(-c2ccc(N(c3ccc(-c4ccc5c(c4)C(c4ccccc4)(c4ccccc4)c4ccccc4-5)cc3)c3cccc(N(c4ccc(-c5cccc(/C=C/C)c5)cc4)c4ccc(-c5ccc6c(c5)C(c5ccccc5)(c5ccccc5)c5ccccc5-6)cc4)c3)cc2)c1. The van der Waals surface area contributed by atoms with Crippen molar-refractivity contribution in [2.45, 2.75) is 24.7 Å². The third-order valence-corrected chi connectivity index (χ3v) is 20.6. The maximum Gasteiger partial charge on any atom is 0.0713 e. The van der Waals surface area contributed by atoms with Gasteiger partial charge in [0, 0.05) is 34.1 Å². The summed E-state index contributed by atoms with van der Waals surface area (Å²) < 4.78 is 0. The molecule has 2 aliphatic carbocycles. The Balaban J connectivity index is 0.782. The van der Waals surface area contributed by atoms with Gasteiger partial charge in [0.1, 0.15) is 0 Å². The fourth-order valence-corrected chi connectivity index (χ4v) is 16.2. The van der Waals surface area contributed by atoms with Crippen LogP contribution in [0.1, 0.15) is 69.5 Å². The second-order valence-electron chi connectivity index (χ2n) is 26.2. The summed E-state index contributed by atoms with van der Waals surface area (Å²) in [4.78, 5) is 4.81. The van der Waals surface area contributed by atoms with Crippen molar-refractivity contribution in [1.82, 2.24) is 0 Å². The number of allylic oxidation sites excluding steroid dienone is 2. The van der Waals surface area contributed by atoms with Gasteiger partial charge in [0.25, 0.3) is 0 Å². The minimum Gasteiger partial charge on any atom is -0.310 e. The van der Waals surface area contributed by atoms with Gasteiger partial charge in [0.2, 0.25) is 0 Å². The molecule has 17 rings (SSSR count). The van der Waals surface area contributed by atoms with Gasteiger partial charge in [-0.1, -0.05) is 309 Å². The lowest BCUT2D eigenvalue weighted by Gasteiger charge is -2.34. The van der Waals surface area contributed by atoms with Crippen LogP contribution in [0.4, 0.5) is 34.1 Å². The van der Waals surface area contributed by atoms with Crippen LogP contribution in [-0.2, 0) is 10.8 Å². The van der Waals surface area contributed by atoms with Crippen LogP contribution < -0.4 is 9.80 Å². The summed E-state index contributed by atoms with van der Waals surface area (Å²) in [5, 5.41) is 0. The molecule has 15 aromatic rings. The van der Waals surface area contributed by atoms with Gasteiger partial charge in [-0.25, -0.2) is 0 Å². The van der Waals surface area contributed by atoms with Crippen LogP contribution in [0.15, 0.2) is 388 Å². The monoisotopic (exact) mass is 1280 g/mol. The van der Waals surface area contributed by atoms with E-state index in [0.717, 1.165) is 56.4 Å². The minimum atomic E-state index is -0.502. The standard InChI is InChI=1S/C98H72N2/c1-3-24-69-26-21-28-75(64-69)71-44-54-83(55-45-71)99(85-58-48-73(49-59-85)77-52-62-91-89-40-17-19-42-93(89)97(95(91)66-77,79-30-9-5-10-31-79)80-32-11-6-12-33-80)87-38-23-39-88(68-87)100(84-56-46-72(47-57-84)76-29-22-27-70(65-76)25-4-2)86-60-50-74(51-61-86)78-53-63-92-90-41-18-20-43-94(90)98(96(92)67-78,81-34-13-7-14-35-81)82-36-15-8-16-37-82/h3-68H,1-2H3/b24-3+,25-4+. The molecule has 0 unspecified atom stereocenters. The van der Waals surface area contributed by atoms with E-state index in [4.69, 9.17) is 0 Å². The van der Waals surface area contributed by atoms with Crippen molar-refractivity contribution in [3.8, 4) is 66.8 Å². The van der Waals surface area contributed by atoms with Crippen LogP contribution in [0.25, 0.3) is 78.9 Å². The summed E-state index contributed by atoms with van der Waals surface area (Å²) in [6.07, 6.45) is 8.51. The third-order valence-electron chi connectivity index (χ3n) is 20.6. The molecule has 0 N–H and O–H groups in total. The second kappa shape index (κ2) is 26.1. The van der Waals surface area contributed by atoms with Crippen molar-refractivity contribution in [3.05, 3.63) is 444 Å². The Labute approximate surface area is 587 Å². The lowest BCUT2D eigenvalue weighted by atomic mass is 9.67. The van der Waals surface area contributed by atoms with Gasteiger partial charge in [0.05, 0.1) is 10.8 Å². The molecule has 100 heavy (non-hydrogen) atoms. The predicted octanol–water partition coefficient (Wildman–Crippen LogP) is 26.1. The highest BCUT2D eigenvalue weighted by Gasteiger charge is 2.47. The highest BCUT2D eigenvalue weighted by atomic mass is 15.2. The maximum absolute atomic E-state index is 2.46. The van der Waals surface area contributed by atoms with E-state index >= 15 is 0 Å². The molecule has 0 saturated heterocycles. The first-order valence-electron chi connectivity index (χ1n) is 34.8. The number of benzene rings is 15. The zero-order valence-corrected chi connectivity index (χ0v) is 56.0. The summed E-state index contributed by atoms with van der Waals surface area (Å²) in [7, 11) is 0. The van der Waals surface area contributed by atoms with Gasteiger partial charge in [0.15, 0.2) is 0 Å². The van der Waals surface area contributed by atoms with E-state index < -0.39 is 10.8 Å². The molecule has 0 spiro atoms. The quantitative estimate of drug-likeness (QED) is 0.0951. The zero-order chi connectivity index (χ0) is 67.0. The molecule has 0 atom stereocenters. The van der Waals surface area contributed by atoms with Crippen molar-refractivity contribution in [2.24, 2.45) is 0 Å². The maximum atomic E-state index is 2.46. The number of rotatable bonds is 16. The first-order chi connectivity index (χ1) is 49.5. The van der Waals surface area contributed by atoms with Crippen molar-refractivity contribution >= 4 is 46.3 Å². The molecule has 2 aliphatic rings. The summed E-state index contributed by atoms with van der Waals surface area (Å²) in [6, 6.07) is 140. The van der Waals surface area contributed by atoms with Crippen LogP contribution in [0, 0.1) is 0 Å². The van der Waals surface area contributed by atoms with Crippen molar-refractivity contribution < 1.29 is 0 Å². The van der Waals surface area contributed by atoms with E-state index in [1.807, 2.05) is 0 Å². The number of hydrogen-bond acceptors (Lipinski definition) is 2. The molecule has 0 saturated carbocycles. The first-order valence-corrected chi connectivity index (χ1v) is 34.8. The van der Waals surface area contributed by atoms with E-state index in [9.17, 15) is 0 Å². The van der Waals surface area contributed by atoms with Crippen LogP contribution in [0.2, 0.25) is 0 Å². The minimum absolute atomic E-state index is 0.502. The normalized spacial score (nSPS) is 13.0. The first kappa shape index (κ1) is 61.0. The number of hydrogen-bond donors (Lipinski definition) is 0. The molecule has 0 radical (unpaired) electrons. The Bertz CT molecular complexity index is 5100. The van der Waals surface area contributed by atoms with Crippen molar-refractivity contribution in [3.63, 3.8) is 0 Å². The van der Waals surface area contributed by atoms with Gasteiger partial charge in [-0.15, -0.1) is 0 Å². The van der Waals surface area contributed by atoms with Gasteiger partial charge >= 0.3 is 0 Å². The van der Waals surface area contributed by atoms with E-state index in [1.165, 1.54) is 100 Å². The molecular weight excluding hydrogens is 1210 g/mol. The molecule has 0 aliphatic heterocycles. The molecular formula is C98H72N2. The number of nitrogens with zero attached hydrogens (tertiary/aromatic N) is 2. The number of fused-ring (bicyclic) bond motifs is 6. The predicted molar refractivity (Wildman–Crippen MR) is 422 cm³/mol. The van der Waals surface area contributed by atoms with Crippen molar-refractivity contribution in [1.29, 1.82) is 0 Å². The Kier molecular flexibility index (Phi) is 15.9. The molecule has 2 heteroatoms. The topological polar surface area (TPSA) is 6.48 Å². The Hall–Kier alpha value is -12.6. The van der Waals surface area contributed by atoms with Crippen molar-refractivity contribution in [2.75, 3.05) is 9.80 Å². The lowest BCUT2D eigenvalue weighted by Crippen LogP contribution is -2.28. The molecule has 474 valence electrons. The van der Waals surface area contributed by atoms with Crippen LogP contribution in [0.5, 0.6) is 0 Å². The summed E-state index contributed by atoms with van der Waals surface area (Å²) in [5.74, 6) is 0. The molecule has 0 heterocycles. The Morgan fingerprint density at radius 3 is 0.810 bits per heavy atom. The van der Waals surface area contributed by atoms with E-state index in [2.05, 4.69) is 424 Å². The molecule has 2 nitrogen and oxygen atoms in total. The zero-order valence-electron chi connectivity index (χ0n) is 56.0. The summed E-state index contributed by atoms with van der Waals surface area (Å²) in [6.45, 7) is 4.14. The molecule has 15 aromatic carbocycles. The van der Waals surface area contributed by atoms with Gasteiger partial charge < -0.3 is 9.80 Å². The average molecular weight is 1280 g/mol. The van der Waals surface area contributed by atoms with Gasteiger partial charge in [-0.2, -0.15) is 0 Å². The Morgan fingerprint density at radius 1 is 0.200 bits per heavy atom. The largest absolute Gasteiger partial charge is 0.310 e. The summed E-state index contributed by atoms with van der Waals surface area (Å²) in [5.41, 5.74) is 32.2. The third kappa shape index (κ3) is 10.6. The molecule has 0 aromatic heterocycles. The highest BCUT2D eigenvalue weighted by molar-refractivity contribution is 5.92. The second-order valence-corrected chi connectivity index (χ2v) is 26.2. The molecule has 0 amide bonds. The van der Waals surface area contributed by atoms with Crippen LogP contribution >= 0.6 is 0 Å². The lowest BCUT2D eigenvalue weighted by molar-refractivity contribution is 0.769. The molecule has 0 fully saturated rings. The van der Waals surface area contributed by atoms with E-state index in [1.54, 1.807) is 0 Å². The fourth-order valence-electron chi connectivity index (χ4n) is 16.2. The fraction of sp³-hybridized carbons (Fsp3) is 0.0408. The number of anilines is 6. The summed E-state index contributed by atoms with van der Waals surface area (Å²) >= 11 is 0. The highest BCUT2D eigenvalue weighted by Crippen LogP contribution is 2.59. The van der Waals surface area contributed by atoms with Gasteiger partial charge in [-0.3, -0.25) is 0 Å². The Morgan fingerprint density at radius 2 is 0.480 bits per heavy atom.